The summed E-state index contributed by atoms with van der Waals surface area (Å²) in [7, 11) is 0. The number of hydrogen-bond donors (Lipinski definition) is 1. The van der Waals surface area contributed by atoms with Crippen LogP contribution in [0.5, 0.6) is 0 Å². The average molecular weight is 236 g/mol. The molecule has 98 valence electrons. The average Bonchev–Trinajstić information content (AvgIpc) is 2.89. The number of nitrogens with two attached hydrogens (primary N) is 1. The molecule has 0 amide bonds. The molecule has 0 spiro atoms. The molecule has 3 unspecified atom stereocenters. The van der Waals surface area contributed by atoms with E-state index in [2.05, 4.69) is 18.7 Å². The van der Waals surface area contributed by atoms with Crippen LogP contribution in [0.25, 0.3) is 0 Å². The molecule has 0 bridgehead atoms. The second-order valence-corrected chi connectivity index (χ2v) is 7.33. The van der Waals surface area contributed by atoms with Crippen LogP contribution in [-0.4, -0.2) is 30.1 Å². The van der Waals surface area contributed by atoms with Crippen LogP contribution < -0.4 is 5.73 Å². The summed E-state index contributed by atoms with van der Waals surface area (Å²) in [4.78, 5) is 2.80. The Morgan fingerprint density at radius 3 is 2.18 bits per heavy atom. The third kappa shape index (κ3) is 1.60. The van der Waals surface area contributed by atoms with E-state index >= 15 is 0 Å². The van der Waals surface area contributed by atoms with E-state index < -0.39 is 0 Å². The van der Waals surface area contributed by atoms with E-state index in [9.17, 15) is 0 Å². The fourth-order valence-electron chi connectivity index (χ4n) is 5.07. The molecule has 2 N–H and O–H groups in total. The van der Waals surface area contributed by atoms with Gasteiger partial charge in [-0.1, -0.05) is 26.7 Å². The van der Waals surface area contributed by atoms with Crippen LogP contribution in [0.3, 0.4) is 0 Å². The largest absolute Gasteiger partial charge is 0.329 e. The summed E-state index contributed by atoms with van der Waals surface area (Å²) in [5.41, 5.74) is 6.97. The fraction of sp³-hybridized carbons (Fsp3) is 1.00. The number of rotatable bonds is 2. The SMILES string of the molecule is CC1(C)CCCC1(CN)N1CC2CCCC2C1. The smallest absolute Gasteiger partial charge is 0.0382 e. The van der Waals surface area contributed by atoms with Gasteiger partial charge in [0, 0.05) is 25.2 Å². The summed E-state index contributed by atoms with van der Waals surface area (Å²) in [6.45, 7) is 8.43. The maximum atomic E-state index is 6.23. The highest BCUT2D eigenvalue weighted by Crippen LogP contribution is 2.52. The maximum absolute atomic E-state index is 6.23. The monoisotopic (exact) mass is 236 g/mol. The molecule has 3 rings (SSSR count). The Balaban J connectivity index is 1.82. The summed E-state index contributed by atoms with van der Waals surface area (Å²) in [6, 6.07) is 0. The summed E-state index contributed by atoms with van der Waals surface area (Å²) in [6.07, 6.45) is 8.48. The molecule has 2 nitrogen and oxygen atoms in total. The molecule has 0 aromatic carbocycles. The Labute approximate surface area is 106 Å². The first-order valence-corrected chi connectivity index (χ1v) is 7.54. The second kappa shape index (κ2) is 3.96. The van der Waals surface area contributed by atoms with E-state index in [4.69, 9.17) is 5.73 Å². The summed E-state index contributed by atoms with van der Waals surface area (Å²) >= 11 is 0. The Hall–Kier alpha value is -0.0800. The van der Waals surface area contributed by atoms with Gasteiger partial charge in [0.15, 0.2) is 0 Å². The van der Waals surface area contributed by atoms with Crippen LogP contribution in [-0.2, 0) is 0 Å². The Kier molecular flexibility index (Phi) is 2.79. The van der Waals surface area contributed by atoms with Gasteiger partial charge < -0.3 is 5.73 Å². The van der Waals surface area contributed by atoms with Gasteiger partial charge in [-0.2, -0.15) is 0 Å². The van der Waals surface area contributed by atoms with Crippen molar-refractivity contribution >= 4 is 0 Å². The minimum Gasteiger partial charge on any atom is -0.329 e. The predicted octanol–water partition coefficient (Wildman–Crippen LogP) is 2.63. The first-order chi connectivity index (χ1) is 8.09. The molecule has 0 radical (unpaired) electrons. The topological polar surface area (TPSA) is 29.3 Å². The summed E-state index contributed by atoms with van der Waals surface area (Å²) < 4.78 is 0. The highest BCUT2D eigenvalue weighted by atomic mass is 15.3. The van der Waals surface area contributed by atoms with Crippen molar-refractivity contribution in [1.29, 1.82) is 0 Å². The van der Waals surface area contributed by atoms with Gasteiger partial charge in [-0.3, -0.25) is 4.90 Å². The first kappa shape index (κ1) is 12.0. The molecule has 0 aromatic heterocycles. The number of fused-ring (bicyclic) bond motifs is 1. The van der Waals surface area contributed by atoms with E-state index in [0.717, 1.165) is 18.4 Å². The highest BCUT2D eigenvalue weighted by molar-refractivity contribution is 5.09. The van der Waals surface area contributed by atoms with Crippen molar-refractivity contribution in [3.8, 4) is 0 Å². The lowest BCUT2D eigenvalue weighted by molar-refractivity contribution is 0.0254. The van der Waals surface area contributed by atoms with Crippen molar-refractivity contribution in [2.45, 2.75) is 57.9 Å². The number of likely N-dealkylation sites (tertiary alicyclic amines) is 1. The zero-order valence-corrected chi connectivity index (χ0v) is 11.5. The minimum atomic E-state index is 0.317. The first-order valence-electron chi connectivity index (χ1n) is 7.54. The van der Waals surface area contributed by atoms with Gasteiger partial charge in [-0.15, -0.1) is 0 Å². The number of nitrogens with zero attached hydrogens (tertiary/aromatic N) is 1. The zero-order chi connectivity index (χ0) is 12.1. The minimum absolute atomic E-state index is 0.317. The van der Waals surface area contributed by atoms with E-state index in [1.54, 1.807) is 0 Å². The van der Waals surface area contributed by atoms with Gasteiger partial charge in [0.2, 0.25) is 0 Å². The molecule has 1 saturated heterocycles. The molecule has 3 atom stereocenters. The van der Waals surface area contributed by atoms with Crippen molar-refractivity contribution in [3.63, 3.8) is 0 Å². The fourth-order valence-corrected chi connectivity index (χ4v) is 5.07. The molecule has 1 heterocycles. The van der Waals surface area contributed by atoms with Crippen LogP contribution in [0.4, 0.5) is 0 Å². The Morgan fingerprint density at radius 2 is 1.71 bits per heavy atom. The molecule has 2 aliphatic carbocycles. The molecule has 2 saturated carbocycles. The van der Waals surface area contributed by atoms with Crippen LogP contribution in [0.15, 0.2) is 0 Å². The second-order valence-electron chi connectivity index (χ2n) is 7.33. The van der Waals surface area contributed by atoms with E-state index in [1.807, 2.05) is 0 Å². The Bertz CT molecular complexity index is 287. The van der Waals surface area contributed by atoms with Crippen LogP contribution in [0.2, 0.25) is 0 Å². The van der Waals surface area contributed by atoms with Crippen LogP contribution >= 0.6 is 0 Å². The third-order valence-electron chi connectivity index (χ3n) is 6.32. The third-order valence-corrected chi connectivity index (χ3v) is 6.32. The summed E-state index contributed by atoms with van der Waals surface area (Å²) in [5, 5.41) is 0. The molecule has 1 aliphatic heterocycles. The molecule has 2 heteroatoms. The standard InChI is InChI=1S/C15H28N2/c1-14(2)7-4-8-15(14,11-16)17-9-12-5-3-6-13(12)10-17/h12-13H,3-11,16H2,1-2H3. The van der Waals surface area contributed by atoms with Gasteiger partial charge in [0.05, 0.1) is 0 Å². The molecular weight excluding hydrogens is 208 g/mol. The highest BCUT2D eigenvalue weighted by Gasteiger charge is 2.54. The molecule has 3 fully saturated rings. The van der Waals surface area contributed by atoms with E-state index in [-0.39, 0.29) is 0 Å². The maximum Gasteiger partial charge on any atom is 0.0382 e. The van der Waals surface area contributed by atoms with Gasteiger partial charge in [-0.25, -0.2) is 0 Å². The predicted molar refractivity (Wildman–Crippen MR) is 71.8 cm³/mol. The lowest BCUT2D eigenvalue weighted by Gasteiger charge is -2.48. The van der Waals surface area contributed by atoms with Gasteiger partial charge in [-0.05, 0) is 42.9 Å². The lowest BCUT2D eigenvalue weighted by atomic mass is 9.73. The zero-order valence-electron chi connectivity index (χ0n) is 11.5. The number of hydrogen-bond acceptors (Lipinski definition) is 2. The van der Waals surface area contributed by atoms with Gasteiger partial charge in [0.1, 0.15) is 0 Å². The molecule has 17 heavy (non-hydrogen) atoms. The van der Waals surface area contributed by atoms with Gasteiger partial charge in [0.25, 0.3) is 0 Å². The van der Waals surface area contributed by atoms with Crippen molar-refractivity contribution < 1.29 is 0 Å². The van der Waals surface area contributed by atoms with Crippen LogP contribution in [0.1, 0.15) is 52.4 Å². The van der Waals surface area contributed by atoms with Crippen molar-refractivity contribution in [2.75, 3.05) is 19.6 Å². The van der Waals surface area contributed by atoms with Crippen molar-refractivity contribution in [2.24, 2.45) is 23.0 Å². The normalized spacial score (nSPS) is 45.4. The summed E-state index contributed by atoms with van der Waals surface area (Å²) in [5.74, 6) is 1.99. The van der Waals surface area contributed by atoms with Crippen LogP contribution in [0, 0.1) is 17.3 Å². The van der Waals surface area contributed by atoms with Crippen molar-refractivity contribution in [3.05, 3.63) is 0 Å². The van der Waals surface area contributed by atoms with E-state index in [0.29, 0.717) is 11.0 Å². The Morgan fingerprint density at radius 1 is 1.06 bits per heavy atom. The van der Waals surface area contributed by atoms with Gasteiger partial charge >= 0.3 is 0 Å². The van der Waals surface area contributed by atoms with E-state index in [1.165, 1.54) is 51.6 Å². The quantitative estimate of drug-likeness (QED) is 0.798. The molecule has 3 aliphatic rings. The molecule has 0 aromatic rings. The molecular formula is C15H28N2. The lowest BCUT2D eigenvalue weighted by Crippen LogP contribution is -2.59. The van der Waals surface area contributed by atoms with Crippen molar-refractivity contribution in [1.82, 2.24) is 4.90 Å².